The van der Waals surface area contributed by atoms with Crippen LogP contribution in [0.4, 0.5) is 0 Å². The van der Waals surface area contributed by atoms with Crippen molar-refractivity contribution in [2.24, 2.45) is 11.8 Å². The normalized spacial score (nSPS) is 32.0. The van der Waals surface area contributed by atoms with Crippen LogP contribution in [0, 0.1) is 11.8 Å². The highest BCUT2D eigenvalue weighted by Crippen LogP contribution is 2.30. The van der Waals surface area contributed by atoms with Gasteiger partial charge in [-0.3, -0.25) is 0 Å². The second-order valence-electron chi connectivity index (χ2n) is 6.80. The summed E-state index contributed by atoms with van der Waals surface area (Å²) in [5.74, 6) is 1.86. The molecule has 0 heterocycles. The van der Waals surface area contributed by atoms with Crippen LogP contribution < -0.4 is 5.32 Å². The van der Waals surface area contributed by atoms with Crippen LogP contribution in [0.5, 0.6) is 0 Å². The Kier molecular flexibility index (Phi) is 5.50. The number of likely N-dealkylation sites (N-methyl/N-ethyl adjacent to an activating group) is 2. The fourth-order valence-electron chi connectivity index (χ4n) is 4.10. The van der Waals surface area contributed by atoms with E-state index in [0.29, 0.717) is 0 Å². The Morgan fingerprint density at radius 2 is 1.83 bits per heavy atom. The van der Waals surface area contributed by atoms with Crippen molar-refractivity contribution < 1.29 is 0 Å². The Hall–Kier alpha value is -0.0800. The Morgan fingerprint density at radius 1 is 1.11 bits per heavy atom. The first-order chi connectivity index (χ1) is 8.70. The van der Waals surface area contributed by atoms with Gasteiger partial charge in [0.05, 0.1) is 0 Å². The molecule has 2 nitrogen and oxygen atoms in total. The number of nitrogens with one attached hydrogen (secondary N) is 1. The zero-order valence-electron chi connectivity index (χ0n) is 12.6. The van der Waals surface area contributed by atoms with Crippen LogP contribution in [-0.2, 0) is 0 Å². The maximum atomic E-state index is 3.58. The van der Waals surface area contributed by atoms with E-state index in [2.05, 4.69) is 31.2 Å². The third-order valence-electron chi connectivity index (χ3n) is 5.36. The highest BCUT2D eigenvalue weighted by Gasteiger charge is 2.28. The summed E-state index contributed by atoms with van der Waals surface area (Å²) in [4.78, 5) is 2.65. The minimum absolute atomic E-state index is 0.717. The molecule has 1 N–H and O–H groups in total. The highest BCUT2D eigenvalue weighted by molar-refractivity contribution is 4.85. The van der Waals surface area contributed by atoms with Gasteiger partial charge in [-0.15, -0.1) is 0 Å². The lowest BCUT2D eigenvalue weighted by Gasteiger charge is -2.37. The molecule has 0 aromatic heterocycles. The molecule has 2 saturated carbocycles. The van der Waals surface area contributed by atoms with Crippen molar-refractivity contribution in [2.75, 3.05) is 20.6 Å². The van der Waals surface area contributed by atoms with Crippen molar-refractivity contribution in [2.45, 2.75) is 70.4 Å². The largest absolute Gasteiger partial charge is 0.315 e. The third kappa shape index (κ3) is 3.71. The zero-order chi connectivity index (χ0) is 13.0. The van der Waals surface area contributed by atoms with Gasteiger partial charge in [-0.1, -0.05) is 32.6 Å². The summed E-state index contributed by atoms with van der Waals surface area (Å²) in [6.07, 6.45) is 11.5. The lowest BCUT2D eigenvalue weighted by molar-refractivity contribution is 0.139. The van der Waals surface area contributed by atoms with E-state index >= 15 is 0 Å². The average Bonchev–Trinajstić information content (AvgIpc) is 2.89. The molecular formula is C16H32N2. The first-order valence-electron chi connectivity index (χ1n) is 8.08. The maximum Gasteiger partial charge on any atom is 0.0220 e. The lowest BCUT2D eigenvalue weighted by Crippen LogP contribution is -2.46. The van der Waals surface area contributed by atoms with E-state index in [1.54, 1.807) is 0 Å². The quantitative estimate of drug-likeness (QED) is 0.808. The lowest BCUT2D eigenvalue weighted by atomic mass is 9.86. The molecule has 106 valence electrons. The molecule has 2 aliphatic carbocycles. The van der Waals surface area contributed by atoms with Crippen LogP contribution in [0.25, 0.3) is 0 Å². The molecule has 2 rings (SSSR count). The van der Waals surface area contributed by atoms with Crippen LogP contribution >= 0.6 is 0 Å². The fourth-order valence-corrected chi connectivity index (χ4v) is 4.10. The summed E-state index contributed by atoms with van der Waals surface area (Å²) in [6, 6.07) is 1.56. The van der Waals surface area contributed by atoms with Crippen LogP contribution in [0.1, 0.15) is 58.3 Å². The molecule has 0 spiro atoms. The standard InChI is InChI=1S/C16H32N2/c1-13-7-6-10-15(11-13)18(3)12-16(17-2)14-8-4-5-9-14/h13-17H,4-12H2,1-3H3. The van der Waals surface area contributed by atoms with Gasteiger partial charge in [0.2, 0.25) is 0 Å². The molecule has 0 aromatic rings. The number of rotatable bonds is 5. The number of hydrogen-bond acceptors (Lipinski definition) is 2. The second kappa shape index (κ2) is 6.91. The van der Waals surface area contributed by atoms with Gasteiger partial charge in [-0.05, 0) is 51.6 Å². The highest BCUT2D eigenvalue weighted by atomic mass is 15.2. The van der Waals surface area contributed by atoms with E-state index in [-0.39, 0.29) is 0 Å². The molecule has 0 aliphatic heterocycles. The van der Waals surface area contributed by atoms with Crippen molar-refractivity contribution in [3.05, 3.63) is 0 Å². The molecular weight excluding hydrogens is 220 g/mol. The van der Waals surface area contributed by atoms with Crippen molar-refractivity contribution in [1.29, 1.82) is 0 Å². The third-order valence-corrected chi connectivity index (χ3v) is 5.36. The van der Waals surface area contributed by atoms with Gasteiger partial charge in [0, 0.05) is 18.6 Å². The molecule has 0 amide bonds. The summed E-state index contributed by atoms with van der Waals surface area (Å²) in [7, 11) is 4.50. The molecule has 0 aromatic carbocycles. The predicted octanol–water partition coefficient (Wildman–Crippen LogP) is 3.28. The van der Waals surface area contributed by atoms with Crippen molar-refractivity contribution >= 4 is 0 Å². The Morgan fingerprint density at radius 3 is 2.44 bits per heavy atom. The summed E-state index contributed by atoms with van der Waals surface area (Å²) >= 11 is 0. The molecule has 2 aliphatic rings. The predicted molar refractivity (Wildman–Crippen MR) is 78.9 cm³/mol. The van der Waals surface area contributed by atoms with E-state index in [4.69, 9.17) is 0 Å². The van der Waals surface area contributed by atoms with Gasteiger partial charge < -0.3 is 10.2 Å². The Balaban J connectivity index is 1.82. The fraction of sp³-hybridized carbons (Fsp3) is 1.00. The van der Waals surface area contributed by atoms with Gasteiger partial charge in [-0.2, -0.15) is 0 Å². The average molecular weight is 252 g/mol. The first kappa shape index (κ1) is 14.3. The second-order valence-corrected chi connectivity index (χ2v) is 6.80. The van der Waals surface area contributed by atoms with Gasteiger partial charge in [0.1, 0.15) is 0 Å². The molecule has 3 atom stereocenters. The van der Waals surface area contributed by atoms with Gasteiger partial charge in [-0.25, -0.2) is 0 Å². The summed E-state index contributed by atoms with van der Waals surface area (Å²) in [5.41, 5.74) is 0. The molecule has 0 radical (unpaired) electrons. The van der Waals surface area contributed by atoms with E-state index in [9.17, 15) is 0 Å². The minimum atomic E-state index is 0.717. The zero-order valence-corrected chi connectivity index (χ0v) is 12.6. The molecule has 0 saturated heterocycles. The van der Waals surface area contributed by atoms with Crippen LogP contribution in [0.3, 0.4) is 0 Å². The van der Waals surface area contributed by atoms with Crippen LogP contribution in [0.2, 0.25) is 0 Å². The number of nitrogens with zero attached hydrogens (tertiary/aromatic N) is 1. The van der Waals surface area contributed by atoms with E-state index in [0.717, 1.165) is 23.9 Å². The van der Waals surface area contributed by atoms with Crippen LogP contribution in [-0.4, -0.2) is 37.6 Å². The Bertz CT molecular complexity index is 235. The van der Waals surface area contributed by atoms with Crippen LogP contribution in [0.15, 0.2) is 0 Å². The monoisotopic (exact) mass is 252 g/mol. The van der Waals surface area contributed by atoms with Gasteiger partial charge >= 0.3 is 0 Å². The molecule has 2 fully saturated rings. The Labute approximate surface area is 114 Å². The molecule has 3 unspecified atom stereocenters. The van der Waals surface area contributed by atoms with E-state index < -0.39 is 0 Å². The van der Waals surface area contributed by atoms with E-state index in [1.807, 2.05) is 0 Å². The summed E-state index contributed by atoms with van der Waals surface area (Å²) in [6.45, 7) is 3.67. The van der Waals surface area contributed by atoms with Crippen molar-refractivity contribution in [3.63, 3.8) is 0 Å². The smallest absolute Gasteiger partial charge is 0.0220 e. The molecule has 2 heteroatoms. The van der Waals surface area contributed by atoms with Gasteiger partial charge in [0.15, 0.2) is 0 Å². The minimum Gasteiger partial charge on any atom is -0.315 e. The first-order valence-corrected chi connectivity index (χ1v) is 8.08. The maximum absolute atomic E-state index is 3.58. The summed E-state index contributed by atoms with van der Waals surface area (Å²) in [5, 5.41) is 3.58. The molecule has 18 heavy (non-hydrogen) atoms. The van der Waals surface area contributed by atoms with Gasteiger partial charge in [0.25, 0.3) is 0 Å². The van der Waals surface area contributed by atoms with Crippen molar-refractivity contribution in [1.82, 2.24) is 10.2 Å². The summed E-state index contributed by atoms with van der Waals surface area (Å²) < 4.78 is 0. The molecule has 0 bridgehead atoms. The number of hydrogen-bond donors (Lipinski definition) is 1. The SMILES string of the molecule is CNC(CN(C)C1CCCC(C)C1)C1CCCC1. The topological polar surface area (TPSA) is 15.3 Å². The van der Waals surface area contributed by atoms with E-state index in [1.165, 1.54) is 57.9 Å². The van der Waals surface area contributed by atoms with Crippen molar-refractivity contribution in [3.8, 4) is 0 Å².